The molecule has 0 amide bonds. The van der Waals surface area contributed by atoms with E-state index in [4.69, 9.17) is 14.2 Å². The van der Waals surface area contributed by atoms with E-state index in [1.807, 2.05) is 30.3 Å². The van der Waals surface area contributed by atoms with E-state index < -0.39 is 0 Å². The highest BCUT2D eigenvalue weighted by atomic mass is 16.5. The maximum atomic E-state index is 12.6. The van der Waals surface area contributed by atoms with Crippen LogP contribution in [-0.4, -0.2) is 25.1 Å². The standard InChI is InChI=1S/C23H22O5/c1-26-22-11-8-17(13-23(22)27-2)12-20(24)19-10-9-18(14-21(19)25)28-15-16-6-4-3-5-7-16/h3-11,13-14,25H,12,15H2,1-2H3. The zero-order valence-corrected chi connectivity index (χ0v) is 15.8. The molecule has 3 rings (SSSR count). The summed E-state index contributed by atoms with van der Waals surface area (Å²) in [6, 6.07) is 19.8. The van der Waals surface area contributed by atoms with Gasteiger partial charge in [0.15, 0.2) is 17.3 Å². The van der Waals surface area contributed by atoms with Crippen molar-refractivity contribution in [2.45, 2.75) is 13.0 Å². The molecule has 0 aromatic heterocycles. The second kappa shape index (κ2) is 8.95. The number of carbonyl (C=O) groups is 1. The smallest absolute Gasteiger partial charge is 0.170 e. The summed E-state index contributed by atoms with van der Waals surface area (Å²) in [4.78, 5) is 12.6. The van der Waals surface area contributed by atoms with Gasteiger partial charge in [-0.1, -0.05) is 36.4 Å². The summed E-state index contributed by atoms with van der Waals surface area (Å²) in [5.74, 6) is 1.36. The summed E-state index contributed by atoms with van der Waals surface area (Å²) < 4.78 is 16.1. The number of ketones is 1. The van der Waals surface area contributed by atoms with E-state index in [2.05, 4.69) is 0 Å². The van der Waals surface area contributed by atoms with E-state index in [-0.39, 0.29) is 23.5 Å². The summed E-state index contributed by atoms with van der Waals surface area (Å²) in [7, 11) is 3.10. The number of methoxy groups -OCH3 is 2. The highest BCUT2D eigenvalue weighted by Gasteiger charge is 2.14. The monoisotopic (exact) mass is 378 g/mol. The number of hydrogen-bond donors (Lipinski definition) is 1. The van der Waals surface area contributed by atoms with Gasteiger partial charge >= 0.3 is 0 Å². The molecule has 0 aliphatic carbocycles. The fourth-order valence-corrected chi connectivity index (χ4v) is 2.85. The lowest BCUT2D eigenvalue weighted by Crippen LogP contribution is -2.05. The summed E-state index contributed by atoms with van der Waals surface area (Å²) in [5, 5.41) is 10.3. The molecule has 0 atom stereocenters. The second-order valence-electron chi connectivity index (χ2n) is 6.24. The number of phenols is 1. The molecule has 0 saturated heterocycles. The number of phenolic OH excluding ortho intramolecular Hbond substituents is 1. The Kier molecular flexibility index (Phi) is 6.17. The predicted molar refractivity (Wildman–Crippen MR) is 106 cm³/mol. The highest BCUT2D eigenvalue weighted by Crippen LogP contribution is 2.29. The van der Waals surface area contributed by atoms with Crippen molar-refractivity contribution in [2.75, 3.05) is 14.2 Å². The van der Waals surface area contributed by atoms with E-state index in [1.54, 1.807) is 44.6 Å². The molecule has 0 heterocycles. The first kappa shape index (κ1) is 19.3. The molecule has 0 saturated carbocycles. The van der Waals surface area contributed by atoms with E-state index in [0.29, 0.717) is 23.9 Å². The third-order valence-corrected chi connectivity index (χ3v) is 4.33. The molecule has 0 radical (unpaired) electrons. The summed E-state index contributed by atoms with van der Waals surface area (Å²) in [5.41, 5.74) is 2.05. The average molecular weight is 378 g/mol. The Morgan fingerprint density at radius 2 is 1.61 bits per heavy atom. The highest BCUT2D eigenvalue weighted by molar-refractivity contribution is 6.00. The molecule has 5 heteroatoms. The van der Waals surface area contributed by atoms with E-state index in [1.165, 1.54) is 6.07 Å². The lowest BCUT2D eigenvalue weighted by Gasteiger charge is -2.11. The van der Waals surface area contributed by atoms with Gasteiger partial charge in [0.1, 0.15) is 18.1 Å². The molecule has 0 fully saturated rings. The van der Waals surface area contributed by atoms with Crippen LogP contribution in [0.5, 0.6) is 23.0 Å². The Morgan fingerprint density at radius 1 is 0.857 bits per heavy atom. The molecule has 3 aromatic carbocycles. The van der Waals surface area contributed by atoms with Crippen molar-refractivity contribution in [1.82, 2.24) is 0 Å². The Hall–Kier alpha value is -3.47. The molecule has 0 unspecified atom stereocenters. The van der Waals surface area contributed by atoms with Crippen molar-refractivity contribution in [3.05, 3.63) is 83.4 Å². The summed E-state index contributed by atoms with van der Waals surface area (Å²) in [6.07, 6.45) is 0.137. The van der Waals surface area contributed by atoms with Crippen molar-refractivity contribution in [2.24, 2.45) is 0 Å². The van der Waals surface area contributed by atoms with Crippen molar-refractivity contribution in [3.8, 4) is 23.0 Å². The minimum Gasteiger partial charge on any atom is -0.507 e. The molecule has 144 valence electrons. The third-order valence-electron chi connectivity index (χ3n) is 4.33. The first-order chi connectivity index (χ1) is 13.6. The van der Waals surface area contributed by atoms with Crippen LogP contribution in [0.4, 0.5) is 0 Å². The molecule has 0 spiro atoms. The van der Waals surface area contributed by atoms with Crippen LogP contribution in [-0.2, 0) is 13.0 Å². The molecule has 0 aliphatic heterocycles. The molecular weight excluding hydrogens is 356 g/mol. The van der Waals surface area contributed by atoms with Crippen molar-refractivity contribution in [1.29, 1.82) is 0 Å². The first-order valence-corrected chi connectivity index (χ1v) is 8.84. The van der Waals surface area contributed by atoms with Gasteiger partial charge in [0, 0.05) is 12.5 Å². The van der Waals surface area contributed by atoms with Crippen LogP contribution in [0.15, 0.2) is 66.7 Å². The number of ether oxygens (including phenoxy) is 3. The number of aromatic hydroxyl groups is 1. The van der Waals surface area contributed by atoms with Crippen molar-refractivity contribution in [3.63, 3.8) is 0 Å². The minimum atomic E-state index is -0.195. The Labute approximate surface area is 164 Å². The molecule has 5 nitrogen and oxygen atoms in total. The molecule has 3 aromatic rings. The molecule has 0 aliphatic rings. The summed E-state index contributed by atoms with van der Waals surface area (Å²) >= 11 is 0. The fraction of sp³-hybridized carbons (Fsp3) is 0.174. The van der Waals surface area contributed by atoms with Gasteiger partial charge < -0.3 is 19.3 Å². The number of rotatable bonds is 8. The third kappa shape index (κ3) is 4.62. The van der Waals surface area contributed by atoms with Crippen LogP contribution in [0.3, 0.4) is 0 Å². The van der Waals surface area contributed by atoms with Crippen LogP contribution >= 0.6 is 0 Å². The summed E-state index contributed by atoms with van der Waals surface area (Å²) in [6.45, 7) is 0.388. The van der Waals surface area contributed by atoms with Gasteiger partial charge in [-0.25, -0.2) is 0 Å². The number of Topliss-reactive ketones (excluding diaryl/α,β-unsaturated/α-hetero) is 1. The zero-order chi connectivity index (χ0) is 19.9. The molecular formula is C23H22O5. The van der Waals surface area contributed by atoms with Gasteiger partial charge in [0.25, 0.3) is 0 Å². The van der Waals surface area contributed by atoms with Crippen LogP contribution in [0.2, 0.25) is 0 Å². The number of carbonyl (C=O) groups excluding carboxylic acids is 1. The fourth-order valence-electron chi connectivity index (χ4n) is 2.85. The van der Waals surface area contributed by atoms with Crippen LogP contribution < -0.4 is 14.2 Å². The Morgan fingerprint density at radius 3 is 2.29 bits per heavy atom. The average Bonchev–Trinajstić information content (AvgIpc) is 2.72. The first-order valence-electron chi connectivity index (χ1n) is 8.84. The maximum Gasteiger partial charge on any atom is 0.170 e. The van der Waals surface area contributed by atoms with Gasteiger partial charge in [-0.15, -0.1) is 0 Å². The van der Waals surface area contributed by atoms with Gasteiger partial charge in [0.2, 0.25) is 0 Å². The van der Waals surface area contributed by atoms with Gasteiger partial charge in [0.05, 0.1) is 19.8 Å². The van der Waals surface area contributed by atoms with E-state index in [0.717, 1.165) is 11.1 Å². The number of hydrogen-bond acceptors (Lipinski definition) is 5. The van der Waals surface area contributed by atoms with Crippen LogP contribution in [0, 0.1) is 0 Å². The maximum absolute atomic E-state index is 12.6. The topological polar surface area (TPSA) is 65.0 Å². The van der Waals surface area contributed by atoms with Gasteiger partial charge in [-0.3, -0.25) is 4.79 Å². The van der Waals surface area contributed by atoms with Gasteiger partial charge in [-0.2, -0.15) is 0 Å². The van der Waals surface area contributed by atoms with Crippen LogP contribution in [0.1, 0.15) is 21.5 Å². The van der Waals surface area contributed by atoms with Gasteiger partial charge in [-0.05, 0) is 35.4 Å². The largest absolute Gasteiger partial charge is 0.507 e. The lowest BCUT2D eigenvalue weighted by atomic mass is 10.0. The van der Waals surface area contributed by atoms with Crippen molar-refractivity contribution >= 4 is 5.78 Å². The Bertz CT molecular complexity index is 950. The van der Waals surface area contributed by atoms with E-state index in [9.17, 15) is 9.90 Å². The molecule has 28 heavy (non-hydrogen) atoms. The second-order valence-corrected chi connectivity index (χ2v) is 6.24. The predicted octanol–water partition coefficient (Wildman–Crippen LogP) is 4.41. The van der Waals surface area contributed by atoms with E-state index >= 15 is 0 Å². The normalized spacial score (nSPS) is 10.4. The quantitative estimate of drug-likeness (QED) is 0.588. The molecule has 1 N–H and O–H groups in total. The number of benzene rings is 3. The van der Waals surface area contributed by atoms with Crippen molar-refractivity contribution < 1.29 is 24.1 Å². The molecule has 0 bridgehead atoms. The van der Waals surface area contributed by atoms with Crippen LogP contribution in [0.25, 0.3) is 0 Å². The lowest BCUT2D eigenvalue weighted by molar-refractivity contribution is 0.0990. The zero-order valence-electron chi connectivity index (χ0n) is 15.8. The Balaban J connectivity index is 1.68. The SMILES string of the molecule is COc1ccc(CC(=O)c2ccc(OCc3ccccc3)cc2O)cc1OC. The minimum absolute atomic E-state index is 0.101.